The molecule has 0 bridgehead atoms. The third kappa shape index (κ3) is 2.74. The highest BCUT2D eigenvalue weighted by Crippen LogP contribution is 2.26. The van der Waals surface area contributed by atoms with Gasteiger partial charge in [-0.1, -0.05) is 61.9 Å². The van der Waals surface area contributed by atoms with Crippen molar-refractivity contribution in [2.45, 2.75) is 33.6 Å². The number of aryl methyl sites for hydroxylation is 2. The fourth-order valence-corrected chi connectivity index (χ4v) is 2.86. The normalized spacial score (nSPS) is 11.2. The van der Waals surface area contributed by atoms with E-state index >= 15 is 0 Å². The van der Waals surface area contributed by atoms with Gasteiger partial charge in [0.25, 0.3) is 5.56 Å². The van der Waals surface area contributed by atoms with Crippen molar-refractivity contribution in [3.05, 3.63) is 75.7 Å². The first-order chi connectivity index (χ1) is 11.0. The molecule has 118 valence electrons. The van der Waals surface area contributed by atoms with Crippen LogP contribution in [0.15, 0.2) is 53.3 Å². The number of hydrogen-bond acceptors (Lipinski definition) is 1. The molecule has 0 saturated heterocycles. The topological polar surface area (TPSA) is 37.8 Å². The summed E-state index contributed by atoms with van der Waals surface area (Å²) in [7, 11) is 0. The van der Waals surface area contributed by atoms with E-state index in [4.69, 9.17) is 0 Å². The molecular formula is C20H22N2O. The fourth-order valence-electron chi connectivity index (χ4n) is 2.86. The number of nitrogens with one attached hydrogen (secondary N) is 1. The second-order valence-electron chi connectivity index (χ2n) is 6.35. The van der Waals surface area contributed by atoms with Gasteiger partial charge in [0.2, 0.25) is 0 Å². The van der Waals surface area contributed by atoms with Crippen molar-refractivity contribution in [3.8, 4) is 16.8 Å². The third-order valence-electron chi connectivity index (χ3n) is 4.19. The molecule has 0 saturated carbocycles. The Bertz CT molecular complexity index is 883. The largest absolute Gasteiger partial charge is 0.294 e. The number of nitrogens with zero attached hydrogens (tertiary/aromatic N) is 1. The van der Waals surface area contributed by atoms with Crippen molar-refractivity contribution in [3.63, 3.8) is 0 Å². The standard InChI is InChI=1S/C20H22N2O/c1-13(2)19-18(16-11-9-14(3)10-12-16)20(23)22(21-19)17-8-6-5-7-15(17)4/h5-13,21H,1-4H3. The van der Waals surface area contributed by atoms with E-state index in [1.807, 2.05) is 55.5 Å². The van der Waals surface area contributed by atoms with Gasteiger partial charge in [0, 0.05) is 5.69 Å². The van der Waals surface area contributed by atoms with E-state index < -0.39 is 0 Å². The van der Waals surface area contributed by atoms with Crippen LogP contribution >= 0.6 is 0 Å². The van der Waals surface area contributed by atoms with E-state index in [-0.39, 0.29) is 11.5 Å². The first-order valence-electron chi connectivity index (χ1n) is 7.97. The Labute approximate surface area is 136 Å². The molecule has 3 rings (SSSR count). The maximum atomic E-state index is 13.1. The van der Waals surface area contributed by atoms with Gasteiger partial charge in [0.15, 0.2) is 0 Å². The lowest BCUT2D eigenvalue weighted by atomic mass is 9.99. The smallest absolute Gasteiger partial charge is 0.279 e. The molecule has 0 amide bonds. The summed E-state index contributed by atoms with van der Waals surface area (Å²) in [4.78, 5) is 13.1. The summed E-state index contributed by atoms with van der Waals surface area (Å²) < 4.78 is 1.67. The summed E-state index contributed by atoms with van der Waals surface area (Å²) in [5, 5.41) is 3.32. The van der Waals surface area contributed by atoms with E-state index in [1.165, 1.54) is 5.56 Å². The molecule has 0 aliphatic carbocycles. The summed E-state index contributed by atoms with van der Waals surface area (Å²) >= 11 is 0. The maximum Gasteiger partial charge on any atom is 0.279 e. The number of aromatic amines is 1. The Kier molecular flexibility index (Phi) is 3.95. The van der Waals surface area contributed by atoms with Crippen molar-refractivity contribution in [2.75, 3.05) is 0 Å². The molecule has 3 heteroatoms. The van der Waals surface area contributed by atoms with Crippen molar-refractivity contribution in [2.24, 2.45) is 0 Å². The lowest BCUT2D eigenvalue weighted by Gasteiger charge is -2.07. The van der Waals surface area contributed by atoms with Gasteiger partial charge in [-0.2, -0.15) is 0 Å². The SMILES string of the molecule is Cc1ccc(-c2c(C(C)C)[nH]n(-c3ccccc3C)c2=O)cc1. The van der Waals surface area contributed by atoms with Crippen LogP contribution in [0.3, 0.4) is 0 Å². The molecular weight excluding hydrogens is 284 g/mol. The predicted octanol–water partition coefficient (Wildman–Crippen LogP) is 4.57. The van der Waals surface area contributed by atoms with Crippen LogP contribution in [0.25, 0.3) is 16.8 Å². The first-order valence-corrected chi connectivity index (χ1v) is 7.97. The van der Waals surface area contributed by atoms with E-state index in [9.17, 15) is 4.79 Å². The zero-order chi connectivity index (χ0) is 16.6. The summed E-state index contributed by atoms with van der Waals surface area (Å²) in [6.45, 7) is 8.27. The Morgan fingerprint density at radius 1 is 0.957 bits per heavy atom. The molecule has 0 spiro atoms. The summed E-state index contributed by atoms with van der Waals surface area (Å²) in [5.41, 5.74) is 5.87. The number of hydrogen-bond donors (Lipinski definition) is 1. The minimum Gasteiger partial charge on any atom is -0.294 e. The molecule has 3 aromatic rings. The van der Waals surface area contributed by atoms with Gasteiger partial charge in [0.1, 0.15) is 0 Å². The second kappa shape index (κ2) is 5.92. The molecule has 1 heterocycles. The highest BCUT2D eigenvalue weighted by atomic mass is 16.1. The van der Waals surface area contributed by atoms with Gasteiger partial charge >= 0.3 is 0 Å². The zero-order valence-electron chi connectivity index (χ0n) is 14.1. The second-order valence-corrected chi connectivity index (χ2v) is 6.35. The van der Waals surface area contributed by atoms with Crippen LogP contribution < -0.4 is 5.56 Å². The van der Waals surface area contributed by atoms with Gasteiger partial charge in [-0.3, -0.25) is 9.89 Å². The van der Waals surface area contributed by atoms with Crippen molar-refractivity contribution in [1.29, 1.82) is 0 Å². The van der Waals surface area contributed by atoms with Crippen LogP contribution in [0.2, 0.25) is 0 Å². The van der Waals surface area contributed by atoms with Gasteiger partial charge in [-0.25, -0.2) is 4.68 Å². The molecule has 3 nitrogen and oxygen atoms in total. The summed E-state index contributed by atoms with van der Waals surface area (Å²) in [5.74, 6) is 0.240. The highest BCUT2D eigenvalue weighted by Gasteiger charge is 2.19. The zero-order valence-corrected chi connectivity index (χ0v) is 14.1. The van der Waals surface area contributed by atoms with Crippen molar-refractivity contribution < 1.29 is 0 Å². The fraction of sp³-hybridized carbons (Fsp3) is 0.250. The Balaban J connectivity index is 2.26. The van der Waals surface area contributed by atoms with Gasteiger partial charge in [0.05, 0.1) is 11.3 Å². The van der Waals surface area contributed by atoms with Crippen LogP contribution in [0.1, 0.15) is 36.6 Å². The molecule has 23 heavy (non-hydrogen) atoms. The quantitative estimate of drug-likeness (QED) is 0.756. The lowest BCUT2D eigenvalue weighted by molar-refractivity contribution is 0.758. The number of rotatable bonds is 3. The van der Waals surface area contributed by atoms with E-state index in [0.717, 1.165) is 28.1 Å². The van der Waals surface area contributed by atoms with E-state index in [2.05, 4.69) is 25.9 Å². The number of H-pyrrole nitrogens is 1. The number of aromatic nitrogens is 2. The molecule has 0 aliphatic rings. The third-order valence-corrected chi connectivity index (χ3v) is 4.19. The van der Waals surface area contributed by atoms with Crippen molar-refractivity contribution in [1.82, 2.24) is 9.78 Å². The molecule has 0 unspecified atom stereocenters. The van der Waals surface area contributed by atoms with Crippen LogP contribution in [-0.4, -0.2) is 9.78 Å². The lowest BCUT2D eigenvalue weighted by Crippen LogP contribution is -2.16. The Morgan fingerprint density at radius 2 is 1.61 bits per heavy atom. The number of benzene rings is 2. The minimum atomic E-state index is 0.00635. The summed E-state index contributed by atoms with van der Waals surface area (Å²) in [6, 6.07) is 16.1. The minimum absolute atomic E-state index is 0.00635. The molecule has 0 fully saturated rings. The Morgan fingerprint density at radius 3 is 2.22 bits per heavy atom. The molecule has 1 aromatic heterocycles. The summed E-state index contributed by atoms with van der Waals surface area (Å²) in [6.07, 6.45) is 0. The average Bonchev–Trinajstić information content (AvgIpc) is 2.86. The van der Waals surface area contributed by atoms with Crippen LogP contribution in [-0.2, 0) is 0 Å². The first kappa shape index (κ1) is 15.3. The Hall–Kier alpha value is -2.55. The van der Waals surface area contributed by atoms with Crippen molar-refractivity contribution >= 4 is 0 Å². The van der Waals surface area contributed by atoms with Gasteiger partial charge in [-0.15, -0.1) is 0 Å². The van der Waals surface area contributed by atoms with E-state index in [1.54, 1.807) is 4.68 Å². The van der Waals surface area contributed by atoms with E-state index in [0.29, 0.717) is 0 Å². The van der Waals surface area contributed by atoms with Crippen LogP contribution in [0.5, 0.6) is 0 Å². The maximum absolute atomic E-state index is 13.1. The highest BCUT2D eigenvalue weighted by molar-refractivity contribution is 5.67. The monoisotopic (exact) mass is 306 g/mol. The molecule has 1 N–H and O–H groups in total. The van der Waals surface area contributed by atoms with Gasteiger partial charge in [-0.05, 0) is 37.0 Å². The average molecular weight is 306 g/mol. The predicted molar refractivity (Wildman–Crippen MR) is 95.4 cm³/mol. The molecule has 0 atom stereocenters. The van der Waals surface area contributed by atoms with Gasteiger partial charge < -0.3 is 0 Å². The molecule has 0 radical (unpaired) electrons. The molecule has 2 aromatic carbocycles. The number of para-hydroxylation sites is 1. The van der Waals surface area contributed by atoms with Crippen LogP contribution in [0, 0.1) is 13.8 Å². The van der Waals surface area contributed by atoms with Crippen LogP contribution in [0.4, 0.5) is 0 Å². The molecule has 0 aliphatic heterocycles.